The van der Waals surface area contributed by atoms with Crippen LogP contribution >= 0.6 is 0 Å². The summed E-state index contributed by atoms with van der Waals surface area (Å²) < 4.78 is 18.0. The van der Waals surface area contributed by atoms with Gasteiger partial charge in [0.2, 0.25) is 0 Å². The highest BCUT2D eigenvalue weighted by Gasteiger charge is 2.37. The topological polar surface area (TPSA) is 9.23 Å². The van der Waals surface area contributed by atoms with Gasteiger partial charge in [0.1, 0.15) is 5.82 Å². The van der Waals surface area contributed by atoms with Crippen molar-refractivity contribution in [2.75, 3.05) is 13.2 Å². The van der Waals surface area contributed by atoms with E-state index in [-0.39, 0.29) is 11.2 Å². The molecule has 0 N–H and O–H groups in total. The van der Waals surface area contributed by atoms with Crippen molar-refractivity contribution in [2.24, 2.45) is 0 Å². The molecule has 1 nitrogen and oxygen atoms in total. The molecule has 1 heterocycles. The van der Waals surface area contributed by atoms with E-state index in [0.29, 0.717) is 13.2 Å². The fourth-order valence-electron chi connectivity index (χ4n) is 1.52. The van der Waals surface area contributed by atoms with Crippen LogP contribution in [0.3, 0.4) is 0 Å². The minimum atomic E-state index is -0.203. The molecule has 0 unspecified atom stereocenters. The summed E-state index contributed by atoms with van der Waals surface area (Å²) in [5.41, 5.74) is 0.802. The monoisotopic (exact) mass is 178 g/mol. The summed E-state index contributed by atoms with van der Waals surface area (Å²) in [7, 11) is 0. The third-order valence-corrected chi connectivity index (χ3v) is 2.51. The van der Waals surface area contributed by atoms with E-state index in [9.17, 15) is 4.39 Å². The highest BCUT2D eigenvalue weighted by Crippen LogP contribution is 2.33. The molecule has 0 amide bonds. The lowest BCUT2D eigenvalue weighted by Crippen LogP contribution is -2.44. The third-order valence-electron chi connectivity index (χ3n) is 2.51. The SMILES string of the molecule is C=CC1(c2cccc(F)c2)COC1. The molecule has 0 aliphatic carbocycles. The fourth-order valence-corrected chi connectivity index (χ4v) is 1.52. The van der Waals surface area contributed by atoms with Crippen molar-refractivity contribution in [1.82, 2.24) is 0 Å². The first-order chi connectivity index (χ1) is 6.27. The molecular weight excluding hydrogens is 167 g/mol. The molecular formula is C11H11FO. The maximum Gasteiger partial charge on any atom is 0.123 e. The number of benzene rings is 1. The van der Waals surface area contributed by atoms with Crippen LogP contribution in [-0.4, -0.2) is 13.2 Å². The van der Waals surface area contributed by atoms with E-state index in [0.717, 1.165) is 5.56 Å². The molecule has 0 bridgehead atoms. The number of halogens is 1. The molecule has 0 aromatic heterocycles. The van der Waals surface area contributed by atoms with Crippen LogP contribution in [0.5, 0.6) is 0 Å². The van der Waals surface area contributed by atoms with Gasteiger partial charge in [0.15, 0.2) is 0 Å². The largest absolute Gasteiger partial charge is 0.379 e. The molecule has 0 radical (unpaired) electrons. The Kier molecular flexibility index (Phi) is 1.93. The third kappa shape index (κ3) is 1.27. The molecule has 0 saturated carbocycles. The highest BCUT2D eigenvalue weighted by atomic mass is 19.1. The van der Waals surface area contributed by atoms with Crippen LogP contribution in [0.4, 0.5) is 4.39 Å². The van der Waals surface area contributed by atoms with E-state index in [4.69, 9.17) is 4.74 Å². The molecule has 1 aromatic carbocycles. The minimum Gasteiger partial charge on any atom is -0.379 e. The lowest BCUT2D eigenvalue weighted by Gasteiger charge is -2.39. The van der Waals surface area contributed by atoms with Gasteiger partial charge in [-0.25, -0.2) is 4.39 Å². The zero-order valence-electron chi connectivity index (χ0n) is 7.29. The van der Waals surface area contributed by atoms with E-state index < -0.39 is 0 Å². The van der Waals surface area contributed by atoms with Crippen molar-refractivity contribution < 1.29 is 9.13 Å². The smallest absolute Gasteiger partial charge is 0.123 e. The first-order valence-electron chi connectivity index (χ1n) is 4.24. The summed E-state index contributed by atoms with van der Waals surface area (Å²) in [5, 5.41) is 0. The molecule has 13 heavy (non-hydrogen) atoms. The van der Waals surface area contributed by atoms with Gasteiger partial charge in [-0.05, 0) is 17.7 Å². The Labute approximate surface area is 76.8 Å². The van der Waals surface area contributed by atoms with Crippen LogP contribution in [-0.2, 0) is 10.2 Å². The van der Waals surface area contributed by atoms with Gasteiger partial charge < -0.3 is 4.74 Å². The van der Waals surface area contributed by atoms with Crippen molar-refractivity contribution >= 4 is 0 Å². The normalized spacial score (nSPS) is 19.2. The first-order valence-corrected chi connectivity index (χ1v) is 4.24. The fraction of sp³-hybridized carbons (Fsp3) is 0.273. The van der Waals surface area contributed by atoms with E-state index >= 15 is 0 Å². The molecule has 68 valence electrons. The lowest BCUT2D eigenvalue weighted by atomic mass is 9.79. The van der Waals surface area contributed by atoms with Crippen molar-refractivity contribution in [2.45, 2.75) is 5.41 Å². The van der Waals surface area contributed by atoms with E-state index in [1.165, 1.54) is 6.07 Å². The summed E-state index contributed by atoms with van der Waals surface area (Å²) in [6, 6.07) is 6.62. The number of hydrogen-bond acceptors (Lipinski definition) is 1. The average molecular weight is 178 g/mol. The molecule has 0 spiro atoms. The Morgan fingerprint density at radius 2 is 2.23 bits per heavy atom. The second kappa shape index (κ2) is 2.96. The van der Waals surface area contributed by atoms with E-state index in [1.807, 2.05) is 12.1 Å². The molecule has 0 atom stereocenters. The van der Waals surface area contributed by atoms with Gasteiger partial charge in [-0.2, -0.15) is 0 Å². The van der Waals surface area contributed by atoms with Gasteiger partial charge >= 0.3 is 0 Å². The van der Waals surface area contributed by atoms with Crippen LogP contribution in [0.15, 0.2) is 36.9 Å². The second-order valence-electron chi connectivity index (χ2n) is 3.36. The van der Waals surface area contributed by atoms with Crippen molar-refractivity contribution in [3.8, 4) is 0 Å². The maximum atomic E-state index is 12.9. The van der Waals surface area contributed by atoms with Gasteiger partial charge in [-0.3, -0.25) is 0 Å². The zero-order valence-corrected chi connectivity index (χ0v) is 7.29. The molecule has 1 aliphatic heterocycles. The Morgan fingerprint density at radius 3 is 2.69 bits per heavy atom. The van der Waals surface area contributed by atoms with Gasteiger partial charge in [-0.1, -0.05) is 18.2 Å². The number of hydrogen-bond donors (Lipinski definition) is 0. The second-order valence-corrected chi connectivity index (χ2v) is 3.36. The highest BCUT2D eigenvalue weighted by molar-refractivity contribution is 5.33. The van der Waals surface area contributed by atoms with Crippen molar-refractivity contribution in [1.29, 1.82) is 0 Å². The summed E-state index contributed by atoms with van der Waals surface area (Å²) in [6.07, 6.45) is 1.84. The quantitative estimate of drug-likeness (QED) is 0.631. The number of ether oxygens (including phenoxy) is 1. The van der Waals surface area contributed by atoms with E-state index in [1.54, 1.807) is 12.1 Å². The van der Waals surface area contributed by atoms with Crippen LogP contribution in [0.25, 0.3) is 0 Å². The summed E-state index contributed by atoms with van der Waals surface area (Å²) in [5.74, 6) is -0.203. The lowest BCUT2D eigenvalue weighted by molar-refractivity contribution is -0.0339. The van der Waals surface area contributed by atoms with Gasteiger partial charge in [0.25, 0.3) is 0 Å². The average Bonchev–Trinajstić information content (AvgIpc) is 2.03. The number of rotatable bonds is 2. The Morgan fingerprint density at radius 1 is 1.46 bits per heavy atom. The van der Waals surface area contributed by atoms with Gasteiger partial charge in [0.05, 0.1) is 18.6 Å². The molecule has 1 fully saturated rings. The van der Waals surface area contributed by atoms with Gasteiger partial charge in [-0.15, -0.1) is 6.58 Å². The minimum absolute atomic E-state index is 0.151. The predicted molar refractivity (Wildman–Crippen MR) is 49.1 cm³/mol. The predicted octanol–water partition coefficient (Wildman–Crippen LogP) is 2.28. The van der Waals surface area contributed by atoms with Crippen molar-refractivity contribution in [3.63, 3.8) is 0 Å². The Balaban J connectivity index is 2.38. The molecule has 1 aromatic rings. The van der Waals surface area contributed by atoms with E-state index in [2.05, 4.69) is 6.58 Å². The Bertz CT molecular complexity index is 329. The zero-order chi connectivity index (χ0) is 9.31. The molecule has 2 heteroatoms. The van der Waals surface area contributed by atoms with Crippen LogP contribution in [0.2, 0.25) is 0 Å². The summed E-state index contributed by atoms with van der Waals surface area (Å²) >= 11 is 0. The first kappa shape index (κ1) is 8.45. The molecule has 1 aliphatic rings. The maximum absolute atomic E-state index is 12.9. The summed E-state index contributed by atoms with van der Waals surface area (Å²) in [4.78, 5) is 0. The standard InChI is InChI=1S/C11H11FO/c1-2-11(7-13-8-11)9-4-3-5-10(12)6-9/h2-6H,1,7-8H2. The summed E-state index contributed by atoms with van der Waals surface area (Å²) in [6.45, 7) is 4.98. The van der Waals surface area contributed by atoms with Crippen LogP contribution < -0.4 is 0 Å². The molecule has 1 saturated heterocycles. The van der Waals surface area contributed by atoms with Gasteiger partial charge in [0, 0.05) is 0 Å². The van der Waals surface area contributed by atoms with Crippen LogP contribution in [0.1, 0.15) is 5.56 Å². The Hall–Kier alpha value is -1.15. The van der Waals surface area contributed by atoms with Crippen molar-refractivity contribution in [3.05, 3.63) is 48.3 Å². The molecule has 2 rings (SSSR count). The van der Waals surface area contributed by atoms with Crippen LogP contribution in [0, 0.1) is 5.82 Å².